The molecule has 320 valence electrons. The van der Waals surface area contributed by atoms with Gasteiger partial charge in [-0.25, -0.2) is 0 Å². The number of fused-ring (bicyclic) bond motifs is 1. The van der Waals surface area contributed by atoms with Gasteiger partial charge < -0.3 is 37.1 Å². The van der Waals surface area contributed by atoms with E-state index < -0.39 is 29.7 Å². The fourth-order valence-electron chi connectivity index (χ4n) is 9.41. The van der Waals surface area contributed by atoms with Crippen molar-refractivity contribution in [2.75, 3.05) is 44.2 Å². The summed E-state index contributed by atoms with van der Waals surface area (Å²) in [5, 5.41) is 13.2. The zero-order valence-corrected chi connectivity index (χ0v) is 34.4. The highest BCUT2D eigenvalue weighted by molar-refractivity contribution is 6.25. The number of hydrogen-bond acceptors (Lipinski definition) is 12. The van der Waals surface area contributed by atoms with Gasteiger partial charge >= 0.3 is 0 Å². The number of nitrogens with two attached hydrogens (primary N) is 2. The third-order valence-corrected chi connectivity index (χ3v) is 12.8. The maximum Gasteiger partial charge on any atom is 0.262 e. The van der Waals surface area contributed by atoms with Crippen molar-refractivity contribution in [2.45, 2.75) is 75.9 Å². The molecule has 4 heterocycles. The second kappa shape index (κ2) is 18.7. The molecule has 61 heavy (non-hydrogen) atoms. The van der Waals surface area contributed by atoms with Crippen LogP contribution >= 0.6 is 0 Å². The molecule has 5 aliphatic rings. The molecule has 3 fully saturated rings. The number of amides is 5. The summed E-state index contributed by atoms with van der Waals surface area (Å²) in [4.78, 5) is 71.1. The Bertz CT molecular complexity index is 2190. The highest BCUT2D eigenvalue weighted by atomic mass is 16.5. The fraction of sp³-hybridized carbons (Fsp3) is 0.435. The number of nitrogens with one attached hydrogen (secondary N) is 4. The lowest BCUT2D eigenvalue weighted by Crippen LogP contribution is -2.54. The number of imide groups is 2. The molecule has 8 rings (SSSR count). The number of carbonyl (C=O) groups excluding carboxylic acids is 5. The number of piperidine rings is 2. The van der Waals surface area contributed by atoms with Crippen LogP contribution < -0.4 is 42.4 Å². The fourth-order valence-corrected chi connectivity index (χ4v) is 9.41. The summed E-state index contributed by atoms with van der Waals surface area (Å²) in [6.45, 7) is 5.03. The van der Waals surface area contributed by atoms with Gasteiger partial charge in [0.25, 0.3) is 17.7 Å². The maximum atomic E-state index is 13.3. The van der Waals surface area contributed by atoms with E-state index in [4.69, 9.17) is 16.2 Å². The number of benzene rings is 3. The highest BCUT2D eigenvalue weighted by Crippen LogP contribution is 2.33. The molecule has 1 aliphatic carbocycles. The molecule has 3 aromatic carbocycles. The van der Waals surface area contributed by atoms with Crippen LogP contribution in [0.4, 0.5) is 5.69 Å². The second-order valence-electron chi connectivity index (χ2n) is 16.7. The summed E-state index contributed by atoms with van der Waals surface area (Å²) in [6.07, 6.45) is 7.49. The number of anilines is 1. The molecule has 5 amide bonds. The molecule has 1 saturated carbocycles. The molecule has 15 nitrogen and oxygen atoms in total. The summed E-state index contributed by atoms with van der Waals surface area (Å²) >= 11 is 0. The van der Waals surface area contributed by atoms with E-state index in [0.717, 1.165) is 94.0 Å². The normalized spacial score (nSPS) is 23.8. The minimum atomic E-state index is -0.968. The first-order chi connectivity index (χ1) is 29.6. The lowest BCUT2D eigenvalue weighted by molar-refractivity contribution is -0.136. The minimum Gasteiger partial charge on any atom is -0.457 e. The Morgan fingerprint density at radius 3 is 2.25 bits per heavy atom. The Hall–Kier alpha value is -6.06. The van der Waals surface area contributed by atoms with Crippen LogP contribution in [0.1, 0.15) is 84.1 Å². The number of para-hydroxylation sites is 1. The van der Waals surface area contributed by atoms with Crippen molar-refractivity contribution in [3.63, 3.8) is 0 Å². The summed E-state index contributed by atoms with van der Waals surface area (Å²) < 4.78 is 5.91. The average molecular weight is 830 g/mol. The summed E-state index contributed by atoms with van der Waals surface area (Å²) in [7, 11) is 0. The van der Waals surface area contributed by atoms with Gasteiger partial charge in [-0.1, -0.05) is 18.2 Å². The van der Waals surface area contributed by atoms with Crippen LogP contribution in [0, 0.1) is 11.8 Å². The van der Waals surface area contributed by atoms with Crippen LogP contribution in [0.3, 0.4) is 0 Å². The zero-order valence-electron chi connectivity index (χ0n) is 34.4. The number of nitrogens with zero attached hydrogens (tertiary/aromatic N) is 3. The van der Waals surface area contributed by atoms with Gasteiger partial charge in [-0.15, -0.1) is 0 Å². The van der Waals surface area contributed by atoms with Gasteiger partial charge in [0.2, 0.25) is 11.8 Å². The Morgan fingerprint density at radius 2 is 1.52 bits per heavy atom. The first kappa shape index (κ1) is 41.7. The van der Waals surface area contributed by atoms with Gasteiger partial charge in [-0.3, -0.25) is 39.2 Å². The van der Waals surface area contributed by atoms with Crippen molar-refractivity contribution in [3.05, 3.63) is 95.1 Å². The molecule has 3 aromatic rings. The zero-order chi connectivity index (χ0) is 42.5. The SMILES string of the molecule is NC(=O)C(C1=NCC[C@@H](C2CCC(NCCNCC3CCN(c4ccc5c(c4)C(=O)N(C4CCC(=O)NC4=O)C5=O)CC3)CC2)N1)=C(N)c1ccc(Oc2ccccc2)cc1. The molecule has 8 N–H and O–H groups in total. The van der Waals surface area contributed by atoms with Crippen molar-refractivity contribution < 1.29 is 28.7 Å². The first-order valence-electron chi connectivity index (χ1n) is 21.6. The number of ether oxygens (including phenoxy) is 1. The predicted octanol–water partition coefficient (Wildman–Crippen LogP) is 3.45. The number of primary amides is 1. The van der Waals surface area contributed by atoms with Crippen LogP contribution in [-0.4, -0.2) is 97.7 Å². The van der Waals surface area contributed by atoms with E-state index in [1.54, 1.807) is 12.1 Å². The Labute approximate surface area is 355 Å². The Balaban J connectivity index is 0.737. The molecular formula is C46H55N9O6. The molecule has 15 heteroatoms. The molecule has 0 aromatic heterocycles. The van der Waals surface area contributed by atoms with Gasteiger partial charge in [0.15, 0.2) is 0 Å². The lowest BCUT2D eigenvalue weighted by Gasteiger charge is -2.37. The number of aliphatic imine (C=N–C) groups is 1. The summed E-state index contributed by atoms with van der Waals surface area (Å²) in [6, 6.07) is 21.8. The molecule has 1 unspecified atom stereocenters. The van der Waals surface area contributed by atoms with Crippen LogP contribution in [-0.2, 0) is 14.4 Å². The monoisotopic (exact) mass is 829 g/mol. The Morgan fingerprint density at radius 1 is 0.803 bits per heavy atom. The van der Waals surface area contributed by atoms with E-state index in [2.05, 4.69) is 31.2 Å². The molecular weight excluding hydrogens is 775 g/mol. The van der Waals surface area contributed by atoms with Crippen LogP contribution in [0.25, 0.3) is 5.70 Å². The smallest absolute Gasteiger partial charge is 0.262 e. The van der Waals surface area contributed by atoms with E-state index in [9.17, 15) is 24.0 Å². The van der Waals surface area contributed by atoms with Gasteiger partial charge in [-0.05, 0) is 130 Å². The van der Waals surface area contributed by atoms with E-state index >= 15 is 0 Å². The average Bonchev–Trinajstić information content (AvgIpc) is 3.52. The van der Waals surface area contributed by atoms with Crippen molar-refractivity contribution in [1.29, 1.82) is 0 Å². The second-order valence-corrected chi connectivity index (χ2v) is 16.7. The summed E-state index contributed by atoms with van der Waals surface area (Å²) in [5.41, 5.74) is 15.1. The topological polar surface area (TPSA) is 214 Å². The van der Waals surface area contributed by atoms with Gasteiger partial charge in [0, 0.05) is 56.9 Å². The molecule has 0 bridgehead atoms. The van der Waals surface area contributed by atoms with E-state index in [0.29, 0.717) is 52.7 Å². The van der Waals surface area contributed by atoms with Crippen molar-refractivity contribution in [3.8, 4) is 11.5 Å². The number of hydrogen-bond donors (Lipinski definition) is 6. The maximum absolute atomic E-state index is 13.3. The van der Waals surface area contributed by atoms with Crippen molar-refractivity contribution in [2.24, 2.45) is 28.3 Å². The molecule has 0 spiro atoms. The van der Waals surface area contributed by atoms with Crippen molar-refractivity contribution in [1.82, 2.24) is 26.2 Å². The predicted molar refractivity (Wildman–Crippen MR) is 232 cm³/mol. The van der Waals surface area contributed by atoms with Gasteiger partial charge in [0.05, 0.1) is 16.8 Å². The molecule has 2 saturated heterocycles. The summed E-state index contributed by atoms with van der Waals surface area (Å²) in [5.74, 6) is 0.296. The van der Waals surface area contributed by atoms with E-state index in [-0.39, 0.29) is 36.1 Å². The minimum absolute atomic E-state index is 0.0946. The molecule has 0 radical (unpaired) electrons. The molecule has 4 aliphatic heterocycles. The number of rotatable bonds is 14. The number of amidine groups is 1. The van der Waals surface area contributed by atoms with Crippen molar-refractivity contribution >= 4 is 46.8 Å². The quantitative estimate of drug-likeness (QED) is 0.0787. The largest absolute Gasteiger partial charge is 0.457 e. The Kier molecular flexibility index (Phi) is 12.8. The van der Waals surface area contributed by atoms with Crippen LogP contribution in [0.15, 0.2) is 83.4 Å². The lowest BCUT2D eigenvalue weighted by atomic mass is 9.80. The number of carbonyl (C=O) groups is 5. The molecule has 2 atom stereocenters. The first-order valence-corrected chi connectivity index (χ1v) is 21.6. The van der Waals surface area contributed by atoms with Crippen LogP contribution in [0.5, 0.6) is 11.5 Å². The van der Waals surface area contributed by atoms with Crippen LogP contribution in [0.2, 0.25) is 0 Å². The van der Waals surface area contributed by atoms with Gasteiger partial charge in [0.1, 0.15) is 28.9 Å². The third kappa shape index (κ3) is 9.47. The van der Waals surface area contributed by atoms with E-state index in [1.165, 1.54) is 0 Å². The standard InChI is InChI=1S/C46H55N9O6/c47-41(30-8-13-34(14-9-30)61-33-4-2-1-3-5-33)40(42(48)57)43-51-21-18-37(52-43)29-6-10-31(11-7-29)50-23-22-49-27-28-19-24-54(25-20-28)32-12-15-35-36(26-32)46(60)55(45(35)59)38-16-17-39(56)53-44(38)58/h1-5,8-9,12-15,26,28-29,31,37-38,49-50H,6-7,10-11,16-25,27,47H2,(H2,48,57)(H,51,52)(H,53,56,58)/t29?,31?,37-,38?/m0/s1. The van der Waals surface area contributed by atoms with Gasteiger partial charge in [-0.2, -0.15) is 0 Å². The highest BCUT2D eigenvalue weighted by Gasteiger charge is 2.45. The third-order valence-electron chi connectivity index (χ3n) is 12.8. The van der Waals surface area contributed by atoms with E-state index in [1.807, 2.05) is 60.7 Å².